The number of halogens is 2. The summed E-state index contributed by atoms with van der Waals surface area (Å²) in [6.45, 7) is 3.59. The summed E-state index contributed by atoms with van der Waals surface area (Å²) in [7, 11) is 0. The highest BCUT2D eigenvalue weighted by Gasteiger charge is 2.34. The molecule has 0 fully saturated rings. The van der Waals surface area contributed by atoms with Gasteiger partial charge in [-0.15, -0.1) is 6.58 Å². The Hall–Kier alpha value is -2.69. The fourth-order valence-corrected chi connectivity index (χ4v) is 1.87. The van der Waals surface area contributed by atoms with Crippen molar-refractivity contribution in [2.75, 3.05) is 0 Å². The molecule has 0 aliphatic heterocycles. The van der Waals surface area contributed by atoms with Gasteiger partial charge in [0.05, 0.1) is 11.1 Å². The number of carbonyl (C=O) groups is 1. The highest BCUT2D eigenvalue weighted by atomic mass is 19.3. The average molecular weight is 304 g/mol. The first kappa shape index (κ1) is 15.7. The summed E-state index contributed by atoms with van der Waals surface area (Å²) < 4.78 is 32.8. The van der Waals surface area contributed by atoms with E-state index in [-0.39, 0.29) is 16.9 Å². The SMILES string of the molecule is C=CCc1ccc(C(F)(F)Oc2ccc(C(=O)O)cc2)cc1. The Morgan fingerprint density at radius 3 is 2.23 bits per heavy atom. The molecule has 2 aromatic carbocycles. The second-order valence-corrected chi connectivity index (χ2v) is 4.64. The zero-order valence-electron chi connectivity index (χ0n) is 11.6. The van der Waals surface area contributed by atoms with Gasteiger partial charge in [-0.2, -0.15) is 8.78 Å². The van der Waals surface area contributed by atoms with Crippen LogP contribution in [0.1, 0.15) is 21.5 Å². The van der Waals surface area contributed by atoms with Crippen LogP contribution in [0.15, 0.2) is 61.2 Å². The number of carboxylic acids is 1. The lowest BCUT2D eigenvalue weighted by Crippen LogP contribution is -2.21. The van der Waals surface area contributed by atoms with E-state index in [9.17, 15) is 13.6 Å². The van der Waals surface area contributed by atoms with E-state index in [0.717, 1.165) is 5.56 Å². The minimum absolute atomic E-state index is 0.00412. The van der Waals surface area contributed by atoms with Crippen LogP contribution in [0, 0.1) is 0 Å². The maximum atomic E-state index is 14.1. The molecule has 0 aromatic heterocycles. The maximum absolute atomic E-state index is 14.1. The van der Waals surface area contributed by atoms with Gasteiger partial charge in [-0.05, 0) is 48.4 Å². The standard InChI is InChI=1S/C17H14F2O3/c1-2-3-12-4-8-14(9-5-12)17(18,19)22-15-10-6-13(7-11-15)16(20)21/h2,4-11H,1,3H2,(H,20,21). The Labute approximate surface area is 126 Å². The Bertz CT molecular complexity index is 661. The smallest absolute Gasteiger partial charge is 0.426 e. The summed E-state index contributed by atoms with van der Waals surface area (Å²) in [5, 5.41) is 8.76. The van der Waals surface area contributed by atoms with Gasteiger partial charge in [0, 0.05) is 0 Å². The molecule has 22 heavy (non-hydrogen) atoms. The zero-order valence-corrected chi connectivity index (χ0v) is 11.6. The van der Waals surface area contributed by atoms with Crippen LogP contribution < -0.4 is 4.74 Å². The Kier molecular flexibility index (Phi) is 4.56. The molecule has 3 nitrogen and oxygen atoms in total. The van der Waals surface area contributed by atoms with Crippen molar-refractivity contribution in [2.24, 2.45) is 0 Å². The highest BCUT2D eigenvalue weighted by Crippen LogP contribution is 2.31. The number of alkyl halides is 2. The summed E-state index contributed by atoms with van der Waals surface area (Å²) >= 11 is 0. The fraction of sp³-hybridized carbons (Fsp3) is 0.118. The number of benzene rings is 2. The minimum atomic E-state index is -3.50. The Morgan fingerprint density at radius 1 is 1.14 bits per heavy atom. The molecule has 114 valence electrons. The molecular formula is C17H14F2O3. The summed E-state index contributed by atoms with van der Waals surface area (Å²) in [5.74, 6) is -1.23. The number of allylic oxidation sites excluding steroid dienone is 1. The molecule has 2 rings (SSSR count). The lowest BCUT2D eigenvalue weighted by Gasteiger charge is -2.18. The van der Waals surface area contributed by atoms with Gasteiger partial charge in [0.25, 0.3) is 0 Å². The van der Waals surface area contributed by atoms with Crippen LogP contribution in [0.5, 0.6) is 5.75 Å². The third-order valence-corrected chi connectivity index (χ3v) is 3.02. The first-order valence-electron chi connectivity index (χ1n) is 6.53. The second-order valence-electron chi connectivity index (χ2n) is 4.64. The minimum Gasteiger partial charge on any atom is -0.478 e. The molecule has 0 radical (unpaired) electrons. The monoisotopic (exact) mass is 304 g/mol. The summed E-state index contributed by atoms with van der Waals surface area (Å²) in [6.07, 6.45) is -1.21. The van der Waals surface area contributed by atoms with Gasteiger partial charge >= 0.3 is 12.1 Å². The molecule has 5 heteroatoms. The van der Waals surface area contributed by atoms with Crippen LogP contribution >= 0.6 is 0 Å². The Morgan fingerprint density at radius 2 is 1.73 bits per heavy atom. The first-order chi connectivity index (χ1) is 10.4. The van der Waals surface area contributed by atoms with Crippen molar-refractivity contribution < 1.29 is 23.4 Å². The predicted octanol–water partition coefficient (Wildman–Crippen LogP) is 4.24. The van der Waals surface area contributed by atoms with Crippen molar-refractivity contribution in [3.05, 3.63) is 77.9 Å². The summed E-state index contributed by atoms with van der Waals surface area (Å²) in [4.78, 5) is 10.7. The number of rotatable bonds is 6. The van der Waals surface area contributed by atoms with E-state index in [0.29, 0.717) is 6.42 Å². The van der Waals surface area contributed by atoms with E-state index < -0.39 is 12.1 Å². The van der Waals surface area contributed by atoms with E-state index in [1.165, 1.54) is 36.4 Å². The number of ether oxygens (including phenoxy) is 1. The molecule has 0 aliphatic carbocycles. The van der Waals surface area contributed by atoms with Gasteiger partial charge < -0.3 is 9.84 Å². The topological polar surface area (TPSA) is 46.5 Å². The molecule has 0 heterocycles. The van der Waals surface area contributed by atoms with Gasteiger partial charge in [0.1, 0.15) is 5.75 Å². The molecule has 0 aliphatic rings. The van der Waals surface area contributed by atoms with Crippen molar-refractivity contribution in [3.63, 3.8) is 0 Å². The van der Waals surface area contributed by atoms with Gasteiger partial charge in [0.15, 0.2) is 0 Å². The first-order valence-corrected chi connectivity index (χ1v) is 6.53. The van der Waals surface area contributed by atoms with E-state index in [1.54, 1.807) is 18.2 Å². The molecule has 0 saturated heterocycles. The maximum Gasteiger partial charge on any atom is 0.426 e. The normalized spacial score (nSPS) is 11.0. The highest BCUT2D eigenvalue weighted by molar-refractivity contribution is 5.87. The average Bonchev–Trinajstić information content (AvgIpc) is 2.48. The van der Waals surface area contributed by atoms with Crippen molar-refractivity contribution in [2.45, 2.75) is 12.5 Å². The number of carboxylic acid groups (broad SMARTS) is 1. The van der Waals surface area contributed by atoms with E-state index in [4.69, 9.17) is 5.11 Å². The van der Waals surface area contributed by atoms with Gasteiger partial charge in [0.2, 0.25) is 0 Å². The fourth-order valence-electron chi connectivity index (χ4n) is 1.87. The molecule has 1 N–H and O–H groups in total. The van der Waals surface area contributed by atoms with Crippen LogP contribution in [0.25, 0.3) is 0 Å². The van der Waals surface area contributed by atoms with Crippen LogP contribution in [-0.4, -0.2) is 11.1 Å². The molecule has 0 atom stereocenters. The molecule has 0 spiro atoms. The Balaban J connectivity index is 2.15. The summed E-state index contributed by atoms with van der Waals surface area (Å²) in [5.41, 5.74) is 0.604. The van der Waals surface area contributed by atoms with Gasteiger partial charge in [-0.3, -0.25) is 0 Å². The molecule has 0 saturated carbocycles. The van der Waals surface area contributed by atoms with E-state index in [1.807, 2.05) is 0 Å². The second kappa shape index (κ2) is 6.39. The van der Waals surface area contributed by atoms with Gasteiger partial charge in [-0.25, -0.2) is 4.79 Å². The predicted molar refractivity (Wildman–Crippen MR) is 78.3 cm³/mol. The molecule has 0 amide bonds. The number of hydrogen-bond acceptors (Lipinski definition) is 2. The van der Waals surface area contributed by atoms with Crippen molar-refractivity contribution in [1.82, 2.24) is 0 Å². The molecular weight excluding hydrogens is 290 g/mol. The van der Waals surface area contributed by atoms with Crippen LogP contribution in [0.2, 0.25) is 0 Å². The third-order valence-electron chi connectivity index (χ3n) is 3.02. The van der Waals surface area contributed by atoms with Crippen molar-refractivity contribution in [3.8, 4) is 5.75 Å². The summed E-state index contributed by atoms with van der Waals surface area (Å²) in [6, 6.07) is 10.6. The van der Waals surface area contributed by atoms with Crippen LogP contribution in [0.3, 0.4) is 0 Å². The third kappa shape index (κ3) is 3.69. The largest absolute Gasteiger partial charge is 0.478 e. The molecule has 0 bridgehead atoms. The quantitative estimate of drug-likeness (QED) is 0.812. The molecule has 2 aromatic rings. The zero-order chi connectivity index (χ0) is 16.2. The lowest BCUT2D eigenvalue weighted by molar-refractivity contribution is -0.185. The molecule has 0 unspecified atom stereocenters. The van der Waals surface area contributed by atoms with Crippen molar-refractivity contribution in [1.29, 1.82) is 0 Å². The number of hydrogen-bond donors (Lipinski definition) is 1. The van der Waals surface area contributed by atoms with Gasteiger partial charge in [-0.1, -0.05) is 18.2 Å². The van der Waals surface area contributed by atoms with Crippen molar-refractivity contribution >= 4 is 5.97 Å². The number of aromatic carboxylic acids is 1. The van der Waals surface area contributed by atoms with E-state index >= 15 is 0 Å². The lowest BCUT2D eigenvalue weighted by atomic mass is 10.1. The van der Waals surface area contributed by atoms with Crippen LogP contribution in [0.4, 0.5) is 8.78 Å². The van der Waals surface area contributed by atoms with Crippen LogP contribution in [-0.2, 0) is 12.5 Å². The van der Waals surface area contributed by atoms with E-state index in [2.05, 4.69) is 11.3 Å².